The largest absolute Gasteiger partial charge is 0.399 e. The zero-order valence-corrected chi connectivity index (χ0v) is 7.67. The minimum absolute atomic E-state index is 0.746. The monoisotopic (exact) mass is 180 g/mol. The first-order chi connectivity index (χ1) is 5.83. The van der Waals surface area contributed by atoms with Crippen molar-refractivity contribution in [1.29, 1.82) is 0 Å². The highest BCUT2D eigenvalue weighted by atomic mass is 32.1. The molecule has 0 atom stereocenters. The Balaban J connectivity index is 2.63. The van der Waals surface area contributed by atoms with Gasteiger partial charge in [-0.3, -0.25) is 4.98 Å². The molecule has 0 aliphatic heterocycles. The third-order valence-corrected chi connectivity index (χ3v) is 1.65. The van der Waals surface area contributed by atoms with Gasteiger partial charge in [0, 0.05) is 11.9 Å². The quantitative estimate of drug-likeness (QED) is 0.698. The SMILES string of the molecule is Nc1ccnc(C=CCCS)c1. The number of rotatable bonds is 3. The molecule has 0 fully saturated rings. The molecule has 0 bridgehead atoms. The van der Waals surface area contributed by atoms with E-state index in [1.807, 2.05) is 18.2 Å². The van der Waals surface area contributed by atoms with Gasteiger partial charge in [0.1, 0.15) is 0 Å². The fraction of sp³-hybridized carbons (Fsp3) is 0.222. The second kappa shape index (κ2) is 4.83. The van der Waals surface area contributed by atoms with Crippen LogP contribution in [0.25, 0.3) is 6.08 Å². The third-order valence-electron chi connectivity index (χ3n) is 1.39. The molecule has 1 aromatic rings. The van der Waals surface area contributed by atoms with Crippen molar-refractivity contribution in [2.45, 2.75) is 6.42 Å². The molecule has 2 N–H and O–H groups in total. The molecular formula is C9H12N2S. The first-order valence-corrected chi connectivity index (χ1v) is 4.45. The van der Waals surface area contributed by atoms with E-state index in [1.165, 1.54) is 0 Å². The van der Waals surface area contributed by atoms with Gasteiger partial charge in [-0.25, -0.2) is 0 Å². The lowest BCUT2D eigenvalue weighted by Crippen LogP contribution is -1.86. The van der Waals surface area contributed by atoms with E-state index in [2.05, 4.69) is 17.6 Å². The molecule has 0 aliphatic carbocycles. The Bertz CT molecular complexity index is 271. The second-order valence-corrected chi connectivity index (χ2v) is 2.88. The number of nitrogen functional groups attached to an aromatic ring is 1. The van der Waals surface area contributed by atoms with Gasteiger partial charge in [-0.1, -0.05) is 6.08 Å². The van der Waals surface area contributed by atoms with Crippen molar-refractivity contribution < 1.29 is 0 Å². The van der Waals surface area contributed by atoms with E-state index < -0.39 is 0 Å². The van der Waals surface area contributed by atoms with Gasteiger partial charge in [-0.05, 0) is 30.4 Å². The summed E-state index contributed by atoms with van der Waals surface area (Å²) in [4.78, 5) is 4.12. The molecule has 0 aliphatic rings. The molecule has 1 aromatic heterocycles. The molecule has 0 aromatic carbocycles. The number of allylic oxidation sites excluding steroid dienone is 1. The van der Waals surface area contributed by atoms with Gasteiger partial charge in [-0.2, -0.15) is 12.6 Å². The minimum atomic E-state index is 0.746. The maximum absolute atomic E-state index is 5.57. The van der Waals surface area contributed by atoms with Crippen LogP contribution in [-0.2, 0) is 0 Å². The summed E-state index contributed by atoms with van der Waals surface area (Å²) in [7, 11) is 0. The summed E-state index contributed by atoms with van der Waals surface area (Å²) in [5, 5.41) is 0. The maximum atomic E-state index is 5.57. The van der Waals surface area contributed by atoms with E-state index in [0.717, 1.165) is 23.6 Å². The van der Waals surface area contributed by atoms with Gasteiger partial charge in [0.25, 0.3) is 0 Å². The molecule has 1 rings (SSSR count). The molecule has 1 heterocycles. The zero-order valence-electron chi connectivity index (χ0n) is 6.77. The highest BCUT2D eigenvalue weighted by Gasteiger charge is 1.87. The van der Waals surface area contributed by atoms with Crippen LogP contribution in [0.4, 0.5) is 5.69 Å². The number of thiol groups is 1. The van der Waals surface area contributed by atoms with Crippen molar-refractivity contribution in [1.82, 2.24) is 4.98 Å². The van der Waals surface area contributed by atoms with E-state index >= 15 is 0 Å². The van der Waals surface area contributed by atoms with Crippen LogP contribution in [0.2, 0.25) is 0 Å². The molecule has 12 heavy (non-hydrogen) atoms. The lowest BCUT2D eigenvalue weighted by atomic mass is 10.3. The summed E-state index contributed by atoms with van der Waals surface area (Å²) in [6, 6.07) is 3.62. The topological polar surface area (TPSA) is 38.9 Å². The summed E-state index contributed by atoms with van der Waals surface area (Å²) >= 11 is 4.09. The molecule has 0 saturated heterocycles. The van der Waals surface area contributed by atoms with Gasteiger partial charge < -0.3 is 5.73 Å². The summed E-state index contributed by atoms with van der Waals surface area (Å²) in [5.41, 5.74) is 7.22. The molecule has 0 amide bonds. The van der Waals surface area contributed by atoms with Gasteiger partial charge in [0.15, 0.2) is 0 Å². The molecule has 2 nitrogen and oxygen atoms in total. The van der Waals surface area contributed by atoms with Crippen LogP contribution in [0, 0.1) is 0 Å². The Morgan fingerprint density at radius 2 is 2.42 bits per heavy atom. The first-order valence-electron chi connectivity index (χ1n) is 3.82. The van der Waals surface area contributed by atoms with Crippen LogP contribution in [0.3, 0.4) is 0 Å². The highest BCUT2D eigenvalue weighted by molar-refractivity contribution is 7.80. The molecule has 0 unspecified atom stereocenters. The Morgan fingerprint density at radius 3 is 3.08 bits per heavy atom. The van der Waals surface area contributed by atoms with Crippen molar-refractivity contribution in [3.8, 4) is 0 Å². The summed E-state index contributed by atoms with van der Waals surface area (Å²) in [5.74, 6) is 0.860. The fourth-order valence-electron chi connectivity index (χ4n) is 0.835. The van der Waals surface area contributed by atoms with Crippen LogP contribution in [0.1, 0.15) is 12.1 Å². The van der Waals surface area contributed by atoms with E-state index in [-0.39, 0.29) is 0 Å². The first kappa shape index (κ1) is 9.13. The Morgan fingerprint density at radius 1 is 1.58 bits per heavy atom. The summed E-state index contributed by atoms with van der Waals surface area (Å²) in [6.07, 6.45) is 6.65. The van der Waals surface area contributed by atoms with Crippen molar-refractivity contribution in [3.63, 3.8) is 0 Å². The predicted molar refractivity (Wildman–Crippen MR) is 56.2 cm³/mol. The van der Waals surface area contributed by atoms with E-state index in [0.29, 0.717) is 0 Å². The van der Waals surface area contributed by atoms with Crippen LogP contribution >= 0.6 is 12.6 Å². The van der Waals surface area contributed by atoms with Gasteiger partial charge in [0.2, 0.25) is 0 Å². The number of aromatic nitrogens is 1. The van der Waals surface area contributed by atoms with Crippen LogP contribution in [-0.4, -0.2) is 10.7 Å². The molecule has 0 spiro atoms. The lowest BCUT2D eigenvalue weighted by Gasteiger charge is -1.93. The number of nitrogens with two attached hydrogens (primary N) is 1. The van der Waals surface area contributed by atoms with Crippen molar-refractivity contribution in [3.05, 3.63) is 30.1 Å². The van der Waals surface area contributed by atoms with Crippen LogP contribution in [0.5, 0.6) is 0 Å². The molecule has 3 heteroatoms. The predicted octanol–water partition coefficient (Wildman–Crippen LogP) is 2.00. The second-order valence-electron chi connectivity index (χ2n) is 2.43. The van der Waals surface area contributed by atoms with E-state index in [9.17, 15) is 0 Å². The summed E-state index contributed by atoms with van der Waals surface area (Å²) in [6.45, 7) is 0. The van der Waals surface area contributed by atoms with Crippen LogP contribution < -0.4 is 5.73 Å². The Hall–Kier alpha value is -0.960. The van der Waals surface area contributed by atoms with Gasteiger partial charge in [-0.15, -0.1) is 0 Å². The smallest absolute Gasteiger partial charge is 0.0646 e. The number of nitrogens with zero attached hydrogens (tertiary/aromatic N) is 1. The molecule has 0 radical (unpaired) electrons. The fourth-order valence-corrected chi connectivity index (χ4v) is 0.984. The Labute approximate surface area is 77.9 Å². The van der Waals surface area contributed by atoms with Crippen molar-refractivity contribution >= 4 is 24.4 Å². The van der Waals surface area contributed by atoms with Crippen molar-refractivity contribution in [2.24, 2.45) is 0 Å². The number of hydrogen-bond donors (Lipinski definition) is 2. The zero-order chi connectivity index (χ0) is 8.81. The highest BCUT2D eigenvalue weighted by Crippen LogP contribution is 2.04. The average molecular weight is 180 g/mol. The van der Waals surface area contributed by atoms with E-state index in [4.69, 9.17) is 5.73 Å². The number of hydrogen-bond acceptors (Lipinski definition) is 3. The maximum Gasteiger partial charge on any atom is 0.0646 e. The molecule has 0 saturated carbocycles. The molecular weight excluding hydrogens is 168 g/mol. The normalized spacial score (nSPS) is 10.8. The number of pyridine rings is 1. The van der Waals surface area contributed by atoms with E-state index in [1.54, 1.807) is 12.3 Å². The van der Waals surface area contributed by atoms with Gasteiger partial charge >= 0.3 is 0 Å². The third kappa shape index (κ3) is 2.96. The Kier molecular flexibility index (Phi) is 3.67. The standard InChI is InChI=1S/C9H12N2S/c10-8-4-5-11-9(7-8)3-1-2-6-12/h1,3-5,7,12H,2,6H2,(H2,10,11). The summed E-state index contributed by atoms with van der Waals surface area (Å²) < 4.78 is 0. The minimum Gasteiger partial charge on any atom is -0.399 e. The van der Waals surface area contributed by atoms with Crippen LogP contribution in [0.15, 0.2) is 24.4 Å². The lowest BCUT2D eigenvalue weighted by molar-refractivity contribution is 1.24. The molecule has 64 valence electrons. The number of anilines is 1. The average Bonchev–Trinajstić information content (AvgIpc) is 2.05. The van der Waals surface area contributed by atoms with Crippen molar-refractivity contribution in [2.75, 3.05) is 11.5 Å². The van der Waals surface area contributed by atoms with Gasteiger partial charge in [0.05, 0.1) is 5.69 Å².